The van der Waals surface area contributed by atoms with Crippen LogP contribution in [0, 0.1) is 5.92 Å². The number of ether oxygens (including phenoxy) is 1. The van der Waals surface area contributed by atoms with E-state index in [0.717, 1.165) is 30.3 Å². The Kier molecular flexibility index (Phi) is 7.02. The van der Waals surface area contributed by atoms with Gasteiger partial charge in [-0.2, -0.15) is 0 Å². The quantitative estimate of drug-likeness (QED) is 0.679. The van der Waals surface area contributed by atoms with Crippen molar-refractivity contribution >= 4 is 23.2 Å². The van der Waals surface area contributed by atoms with Gasteiger partial charge in [-0.1, -0.05) is 32.6 Å². The zero-order chi connectivity index (χ0) is 16.7. The number of aromatic nitrogens is 1. The first-order valence-corrected chi connectivity index (χ1v) is 9.32. The van der Waals surface area contributed by atoms with Crippen LogP contribution in [0.4, 0.5) is 0 Å². The van der Waals surface area contributed by atoms with Crippen LogP contribution in [0.15, 0.2) is 5.38 Å². The largest absolute Gasteiger partial charge is 0.464 e. The molecular formula is C17H26N2O3S. The van der Waals surface area contributed by atoms with Gasteiger partial charge in [0.1, 0.15) is 5.01 Å². The van der Waals surface area contributed by atoms with E-state index in [1.54, 1.807) is 5.38 Å². The molecule has 0 saturated heterocycles. The lowest BCUT2D eigenvalue weighted by Gasteiger charge is -2.21. The molecular weight excluding hydrogens is 312 g/mol. The van der Waals surface area contributed by atoms with Gasteiger partial charge in [0.15, 0.2) is 5.69 Å². The van der Waals surface area contributed by atoms with E-state index in [-0.39, 0.29) is 5.91 Å². The monoisotopic (exact) mass is 338 g/mol. The van der Waals surface area contributed by atoms with Crippen molar-refractivity contribution in [1.82, 2.24) is 9.88 Å². The van der Waals surface area contributed by atoms with Gasteiger partial charge in [0.25, 0.3) is 0 Å². The van der Waals surface area contributed by atoms with E-state index < -0.39 is 5.97 Å². The van der Waals surface area contributed by atoms with Crippen molar-refractivity contribution in [2.45, 2.75) is 58.4 Å². The average Bonchev–Trinajstić information content (AvgIpc) is 3.23. The number of esters is 1. The standard InChI is InChI=1S/C17H26N2O3S/c1-3-10-19(16(20)9-8-13-6-4-5-7-13)11-15-18-14(12-23-15)17(21)22-2/h12-13H,3-11H2,1-2H3. The first kappa shape index (κ1) is 17.9. The average molecular weight is 338 g/mol. The number of nitrogens with zero attached hydrogens (tertiary/aromatic N) is 2. The van der Waals surface area contributed by atoms with Crippen LogP contribution in [0.5, 0.6) is 0 Å². The number of methoxy groups -OCH3 is 1. The van der Waals surface area contributed by atoms with E-state index in [4.69, 9.17) is 0 Å². The molecule has 0 aromatic carbocycles. The van der Waals surface area contributed by atoms with Crippen molar-refractivity contribution in [1.29, 1.82) is 0 Å². The number of carbonyl (C=O) groups excluding carboxylic acids is 2. The van der Waals surface area contributed by atoms with Crippen molar-refractivity contribution in [3.8, 4) is 0 Å². The zero-order valence-electron chi connectivity index (χ0n) is 14.0. The van der Waals surface area contributed by atoms with Crippen molar-refractivity contribution in [2.24, 2.45) is 5.92 Å². The smallest absolute Gasteiger partial charge is 0.357 e. The molecule has 23 heavy (non-hydrogen) atoms. The van der Waals surface area contributed by atoms with Crippen LogP contribution in [0.1, 0.15) is 67.4 Å². The van der Waals surface area contributed by atoms with Crippen molar-refractivity contribution in [3.05, 3.63) is 16.1 Å². The summed E-state index contributed by atoms with van der Waals surface area (Å²) in [6.45, 7) is 3.29. The molecule has 1 aromatic rings. The molecule has 1 aromatic heterocycles. The molecule has 1 heterocycles. The lowest BCUT2D eigenvalue weighted by atomic mass is 10.0. The SMILES string of the molecule is CCCN(Cc1nc(C(=O)OC)cs1)C(=O)CCC1CCCC1. The summed E-state index contributed by atoms with van der Waals surface area (Å²) in [5, 5.41) is 2.47. The fourth-order valence-corrected chi connectivity index (χ4v) is 3.87. The van der Waals surface area contributed by atoms with Crippen LogP contribution in [0.2, 0.25) is 0 Å². The molecule has 0 unspecified atom stereocenters. The minimum absolute atomic E-state index is 0.202. The van der Waals surface area contributed by atoms with Crippen molar-refractivity contribution < 1.29 is 14.3 Å². The highest BCUT2D eigenvalue weighted by Gasteiger charge is 2.20. The minimum Gasteiger partial charge on any atom is -0.464 e. The van der Waals surface area contributed by atoms with Crippen LogP contribution < -0.4 is 0 Å². The van der Waals surface area contributed by atoms with E-state index in [1.165, 1.54) is 44.1 Å². The van der Waals surface area contributed by atoms with Gasteiger partial charge in [0.2, 0.25) is 5.91 Å². The first-order valence-electron chi connectivity index (χ1n) is 8.44. The van der Waals surface area contributed by atoms with Gasteiger partial charge in [-0.15, -0.1) is 11.3 Å². The van der Waals surface area contributed by atoms with Gasteiger partial charge in [-0.25, -0.2) is 9.78 Å². The van der Waals surface area contributed by atoms with E-state index >= 15 is 0 Å². The molecule has 0 N–H and O–H groups in total. The second-order valence-electron chi connectivity index (χ2n) is 6.12. The third-order valence-corrected chi connectivity index (χ3v) is 5.19. The lowest BCUT2D eigenvalue weighted by molar-refractivity contribution is -0.132. The number of hydrogen-bond acceptors (Lipinski definition) is 5. The topological polar surface area (TPSA) is 59.5 Å². The molecule has 5 nitrogen and oxygen atoms in total. The Morgan fingerprint density at radius 1 is 1.39 bits per heavy atom. The Hall–Kier alpha value is -1.43. The number of rotatable bonds is 8. The maximum Gasteiger partial charge on any atom is 0.357 e. The predicted molar refractivity (Wildman–Crippen MR) is 90.4 cm³/mol. The van der Waals surface area contributed by atoms with E-state index in [9.17, 15) is 9.59 Å². The molecule has 1 fully saturated rings. The Morgan fingerprint density at radius 3 is 2.78 bits per heavy atom. The summed E-state index contributed by atoms with van der Waals surface area (Å²) < 4.78 is 4.67. The second kappa shape index (κ2) is 9.01. The maximum atomic E-state index is 12.5. The molecule has 1 aliphatic carbocycles. The maximum absolute atomic E-state index is 12.5. The van der Waals surface area contributed by atoms with Gasteiger partial charge >= 0.3 is 5.97 Å². The molecule has 1 amide bonds. The van der Waals surface area contributed by atoms with E-state index in [1.807, 2.05) is 4.90 Å². The Bertz CT molecular complexity index is 524. The molecule has 6 heteroatoms. The summed E-state index contributed by atoms with van der Waals surface area (Å²) in [6.07, 6.45) is 7.72. The molecule has 1 aliphatic rings. The number of carbonyl (C=O) groups is 2. The highest BCUT2D eigenvalue weighted by molar-refractivity contribution is 7.09. The molecule has 0 radical (unpaired) electrons. The fourth-order valence-electron chi connectivity index (χ4n) is 3.09. The van der Waals surface area contributed by atoms with E-state index in [0.29, 0.717) is 18.7 Å². The summed E-state index contributed by atoms with van der Waals surface area (Å²) in [7, 11) is 1.34. The zero-order valence-corrected chi connectivity index (χ0v) is 14.9. The Labute approximate surface area is 142 Å². The minimum atomic E-state index is -0.429. The molecule has 1 saturated carbocycles. The molecule has 0 bridgehead atoms. The fraction of sp³-hybridized carbons (Fsp3) is 0.706. The van der Waals surface area contributed by atoms with Gasteiger partial charge in [0.05, 0.1) is 13.7 Å². The lowest BCUT2D eigenvalue weighted by Crippen LogP contribution is -2.31. The summed E-state index contributed by atoms with van der Waals surface area (Å²) in [5.74, 6) is 0.504. The third kappa shape index (κ3) is 5.30. The van der Waals surface area contributed by atoms with Crippen molar-refractivity contribution in [3.63, 3.8) is 0 Å². The third-order valence-electron chi connectivity index (χ3n) is 4.36. The highest BCUT2D eigenvalue weighted by atomic mass is 32.1. The molecule has 2 rings (SSSR count). The number of thiazole rings is 1. The summed E-state index contributed by atoms with van der Waals surface area (Å²) in [5.41, 5.74) is 0.322. The van der Waals surface area contributed by atoms with Gasteiger partial charge in [0, 0.05) is 18.3 Å². The van der Waals surface area contributed by atoms with Crippen LogP contribution in [0.25, 0.3) is 0 Å². The normalized spacial score (nSPS) is 14.9. The van der Waals surface area contributed by atoms with Gasteiger partial charge in [-0.3, -0.25) is 4.79 Å². The number of hydrogen-bond donors (Lipinski definition) is 0. The predicted octanol–water partition coefficient (Wildman–Crippen LogP) is 3.64. The summed E-state index contributed by atoms with van der Waals surface area (Å²) >= 11 is 1.40. The molecule has 0 aliphatic heterocycles. The van der Waals surface area contributed by atoms with Crippen molar-refractivity contribution in [2.75, 3.05) is 13.7 Å². The Morgan fingerprint density at radius 2 is 2.13 bits per heavy atom. The van der Waals surface area contributed by atoms with Gasteiger partial charge in [-0.05, 0) is 18.8 Å². The first-order chi connectivity index (χ1) is 11.1. The molecule has 128 valence electrons. The number of amides is 1. The molecule has 0 spiro atoms. The summed E-state index contributed by atoms with van der Waals surface area (Å²) in [4.78, 5) is 30.1. The highest BCUT2D eigenvalue weighted by Crippen LogP contribution is 2.28. The summed E-state index contributed by atoms with van der Waals surface area (Å²) in [6, 6.07) is 0. The van der Waals surface area contributed by atoms with Crippen LogP contribution >= 0.6 is 11.3 Å². The van der Waals surface area contributed by atoms with Crippen LogP contribution in [0.3, 0.4) is 0 Å². The van der Waals surface area contributed by atoms with Crippen LogP contribution in [-0.4, -0.2) is 35.4 Å². The molecule has 0 atom stereocenters. The second-order valence-corrected chi connectivity index (χ2v) is 7.07. The van der Waals surface area contributed by atoms with Crippen LogP contribution in [-0.2, 0) is 16.1 Å². The van der Waals surface area contributed by atoms with E-state index in [2.05, 4.69) is 16.6 Å². The van der Waals surface area contributed by atoms with Gasteiger partial charge < -0.3 is 9.64 Å². The Balaban J connectivity index is 1.90.